The van der Waals surface area contributed by atoms with E-state index >= 15 is 0 Å². The van der Waals surface area contributed by atoms with Crippen molar-refractivity contribution in [3.8, 4) is 5.75 Å². The lowest BCUT2D eigenvalue weighted by atomic mass is 10.1. The van der Waals surface area contributed by atoms with Crippen LogP contribution in [0, 0.1) is 0 Å². The van der Waals surface area contributed by atoms with Crippen molar-refractivity contribution in [2.24, 2.45) is 0 Å². The Morgan fingerprint density at radius 3 is 2.43 bits per heavy atom. The molecule has 0 radical (unpaired) electrons. The van der Waals surface area contributed by atoms with E-state index in [9.17, 15) is 0 Å². The SMILES string of the molecule is Clc1ccc(COc2ccc(Nc3nccc(N4CCCCC4)n3)cc2)cc1. The van der Waals surface area contributed by atoms with Crippen molar-refractivity contribution < 1.29 is 4.74 Å². The normalized spacial score (nSPS) is 14.0. The van der Waals surface area contributed by atoms with E-state index in [1.807, 2.05) is 60.8 Å². The molecule has 2 heterocycles. The molecule has 2 aromatic carbocycles. The minimum atomic E-state index is 0.505. The first-order valence-electron chi connectivity index (χ1n) is 9.59. The number of hydrogen-bond acceptors (Lipinski definition) is 5. The molecule has 5 nitrogen and oxygen atoms in total. The van der Waals surface area contributed by atoms with E-state index in [-0.39, 0.29) is 0 Å². The quantitative estimate of drug-likeness (QED) is 0.603. The summed E-state index contributed by atoms with van der Waals surface area (Å²) in [4.78, 5) is 11.3. The summed E-state index contributed by atoms with van der Waals surface area (Å²) in [6, 6.07) is 17.4. The highest BCUT2D eigenvalue weighted by molar-refractivity contribution is 6.30. The molecule has 1 saturated heterocycles. The van der Waals surface area contributed by atoms with Gasteiger partial charge in [0.25, 0.3) is 0 Å². The molecular weight excluding hydrogens is 372 g/mol. The zero-order valence-corrected chi connectivity index (χ0v) is 16.4. The number of nitrogens with zero attached hydrogens (tertiary/aromatic N) is 3. The fourth-order valence-corrected chi connectivity index (χ4v) is 3.35. The van der Waals surface area contributed by atoms with Crippen LogP contribution in [0.4, 0.5) is 17.5 Å². The van der Waals surface area contributed by atoms with Crippen LogP contribution in [0.15, 0.2) is 60.8 Å². The number of aromatic nitrogens is 2. The van der Waals surface area contributed by atoms with Crippen LogP contribution in [0.1, 0.15) is 24.8 Å². The van der Waals surface area contributed by atoms with E-state index in [0.717, 1.165) is 40.9 Å². The molecule has 1 fully saturated rings. The second-order valence-electron chi connectivity index (χ2n) is 6.85. The predicted octanol–water partition coefficient (Wildman–Crippen LogP) is 5.44. The topological polar surface area (TPSA) is 50.3 Å². The van der Waals surface area contributed by atoms with Crippen molar-refractivity contribution in [1.82, 2.24) is 9.97 Å². The molecule has 1 N–H and O–H groups in total. The number of piperidine rings is 1. The number of ether oxygens (including phenoxy) is 1. The minimum absolute atomic E-state index is 0.505. The van der Waals surface area contributed by atoms with Crippen LogP contribution in [0.3, 0.4) is 0 Å². The third-order valence-corrected chi connectivity index (χ3v) is 5.00. The van der Waals surface area contributed by atoms with Crippen molar-refractivity contribution in [2.45, 2.75) is 25.9 Å². The molecule has 0 spiro atoms. The van der Waals surface area contributed by atoms with E-state index in [2.05, 4.69) is 20.2 Å². The van der Waals surface area contributed by atoms with E-state index in [4.69, 9.17) is 16.3 Å². The van der Waals surface area contributed by atoms with Gasteiger partial charge in [0.2, 0.25) is 5.95 Å². The molecule has 144 valence electrons. The molecule has 0 atom stereocenters. The summed E-state index contributed by atoms with van der Waals surface area (Å²) in [5, 5.41) is 4.00. The molecule has 0 unspecified atom stereocenters. The summed E-state index contributed by atoms with van der Waals surface area (Å²) in [6.45, 7) is 2.64. The second kappa shape index (κ2) is 8.93. The van der Waals surface area contributed by atoms with Gasteiger partial charge in [-0.3, -0.25) is 0 Å². The molecule has 0 saturated carbocycles. The summed E-state index contributed by atoms with van der Waals surface area (Å²) in [7, 11) is 0. The van der Waals surface area contributed by atoms with Gasteiger partial charge in [0.15, 0.2) is 0 Å². The molecule has 28 heavy (non-hydrogen) atoms. The van der Waals surface area contributed by atoms with Gasteiger partial charge in [-0.2, -0.15) is 4.98 Å². The van der Waals surface area contributed by atoms with Crippen LogP contribution in [0.5, 0.6) is 5.75 Å². The lowest BCUT2D eigenvalue weighted by molar-refractivity contribution is 0.306. The summed E-state index contributed by atoms with van der Waals surface area (Å²) >= 11 is 5.91. The van der Waals surface area contributed by atoms with E-state index in [1.54, 1.807) is 0 Å². The van der Waals surface area contributed by atoms with Crippen LogP contribution in [0.25, 0.3) is 0 Å². The number of hydrogen-bond donors (Lipinski definition) is 1. The molecule has 1 aromatic heterocycles. The molecule has 0 amide bonds. The van der Waals surface area contributed by atoms with Crippen molar-refractivity contribution >= 4 is 29.1 Å². The molecule has 0 bridgehead atoms. The van der Waals surface area contributed by atoms with E-state index in [1.165, 1.54) is 19.3 Å². The number of rotatable bonds is 6. The Kier molecular flexibility index (Phi) is 5.92. The first-order valence-corrected chi connectivity index (χ1v) is 9.96. The zero-order chi connectivity index (χ0) is 19.2. The number of nitrogens with one attached hydrogen (secondary N) is 1. The smallest absolute Gasteiger partial charge is 0.229 e. The maximum Gasteiger partial charge on any atom is 0.229 e. The van der Waals surface area contributed by atoms with Crippen LogP contribution >= 0.6 is 11.6 Å². The lowest BCUT2D eigenvalue weighted by Crippen LogP contribution is -2.30. The third kappa shape index (κ3) is 4.93. The van der Waals surface area contributed by atoms with Gasteiger partial charge in [-0.05, 0) is 67.3 Å². The summed E-state index contributed by atoms with van der Waals surface area (Å²) < 4.78 is 5.83. The number of anilines is 3. The average molecular weight is 395 g/mol. The first kappa shape index (κ1) is 18.6. The molecule has 3 aromatic rings. The van der Waals surface area contributed by atoms with Gasteiger partial charge in [-0.1, -0.05) is 23.7 Å². The monoisotopic (exact) mass is 394 g/mol. The van der Waals surface area contributed by atoms with Gasteiger partial charge in [-0.15, -0.1) is 0 Å². The Labute approximate surface area is 170 Å². The Morgan fingerprint density at radius 1 is 0.929 bits per heavy atom. The third-order valence-electron chi connectivity index (χ3n) is 4.75. The van der Waals surface area contributed by atoms with Crippen LogP contribution in [-0.2, 0) is 6.61 Å². The molecule has 6 heteroatoms. The van der Waals surface area contributed by atoms with Crippen molar-refractivity contribution in [1.29, 1.82) is 0 Å². The summed E-state index contributed by atoms with van der Waals surface area (Å²) in [6.07, 6.45) is 5.57. The van der Waals surface area contributed by atoms with Gasteiger partial charge in [0.05, 0.1) is 0 Å². The molecular formula is C22H23ClN4O. The Bertz CT molecular complexity index is 893. The molecule has 1 aliphatic heterocycles. The fourth-order valence-electron chi connectivity index (χ4n) is 3.22. The van der Waals surface area contributed by atoms with Gasteiger partial charge in [-0.25, -0.2) is 4.98 Å². The van der Waals surface area contributed by atoms with Crippen LogP contribution in [-0.4, -0.2) is 23.1 Å². The van der Waals surface area contributed by atoms with E-state index < -0.39 is 0 Å². The highest BCUT2D eigenvalue weighted by atomic mass is 35.5. The fraction of sp³-hybridized carbons (Fsp3) is 0.273. The van der Waals surface area contributed by atoms with E-state index in [0.29, 0.717) is 12.6 Å². The van der Waals surface area contributed by atoms with Crippen molar-refractivity contribution in [2.75, 3.05) is 23.3 Å². The highest BCUT2D eigenvalue weighted by Crippen LogP contribution is 2.22. The standard InChI is InChI=1S/C22H23ClN4O/c23-18-6-4-17(5-7-18)16-28-20-10-8-19(9-11-20)25-22-24-13-12-21(26-22)27-14-2-1-3-15-27/h4-13H,1-3,14-16H2,(H,24,25,26). The Morgan fingerprint density at radius 2 is 1.68 bits per heavy atom. The lowest BCUT2D eigenvalue weighted by Gasteiger charge is -2.27. The molecule has 1 aliphatic rings. The van der Waals surface area contributed by atoms with Gasteiger partial charge < -0.3 is 15.0 Å². The van der Waals surface area contributed by atoms with Gasteiger partial charge >= 0.3 is 0 Å². The maximum atomic E-state index is 5.91. The number of halogens is 1. The largest absolute Gasteiger partial charge is 0.489 e. The van der Waals surface area contributed by atoms with Gasteiger partial charge in [0, 0.05) is 30.0 Å². The van der Waals surface area contributed by atoms with Crippen LogP contribution in [0.2, 0.25) is 5.02 Å². The van der Waals surface area contributed by atoms with Crippen molar-refractivity contribution in [3.05, 3.63) is 71.4 Å². The summed E-state index contributed by atoms with van der Waals surface area (Å²) in [5.74, 6) is 2.40. The highest BCUT2D eigenvalue weighted by Gasteiger charge is 2.12. The first-order chi connectivity index (χ1) is 13.8. The second-order valence-corrected chi connectivity index (χ2v) is 7.29. The average Bonchev–Trinajstić information content (AvgIpc) is 2.75. The van der Waals surface area contributed by atoms with Gasteiger partial charge in [0.1, 0.15) is 18.2 Å². The molecule has 4 rings (SSSR count). The predicted molar refractivity (Wildman–Crippen MR) is 114 cm³/mol. The Balaban J connectivity index is 1.35. The van der Waals surface area contributed by atoms with Crippen molar-refractivity contribution in [3.63, 3.8) is 0 Å². The minimum Gasteiger partial charge on any atom is -0.489 e. The molecule has 0 aliphatic carbocycles. The zero-order valence-electron chi connectivity index (χ0n) is 15.6. The summed E-state index contributed by atoms with van der Waals surface area (Å²) in [5.41, 5.74) is 2.00. The maximum absolute atomic E-state index is 5.91. The van der Waals surface area contributed by atoms with Crippen LogP contribution < -0.4 is 15.0 Å². The number of benzene rings is 2. The Hall–Kier alpha value is -2.79.